The van der Waals surface area contributed by atoms with Gasteiger partial charge in [0, 0.05) is 11.6 Å². The molecule has 0 saturated carbocycles. The summed E-state index contributed by atoms with van der Waals surface area (Å²) < 4.78 is 26.4. The zero-order valence-electron chi connectivity index (χ0n) is 13.0. The Balaban J connectivity index is 2.17. The maximum absolute atomic E-state index is 13.4. The largest absolute Gasteiger partial charge is 0.326 e. The summed E-state index contributed by atoms with van der Waals surface area (Å²) in [6.07, 6.45) is 4.98. The lowest BCUT2D eigenvalue weighted by molar-refractivity contribution is 0.0768. The van der Waals surface area contributed by atoms with Crippen LogP contribution in [0.1, 0.15) is 45.1 Å². The number of nitrogens with two attached hydrogens (primary N) is 1. The first-order valence-electron chi connectivity index (χ1n) is 7.98. The summed E-state index contributed by atoms with van der Waals surface area (Å²) in [6, 6.07) is 4.02. The third kappa shape index (κ3) is 3.27. The van der Waals surface area contributed by atoms with Crippen LogP contribution >= 0.6 is 0 Å². The molecule has 0 radical (unpaired) electrons. The Labute approximate surface area is 126 Å². The number of likely N-dealkylation sites (tertiary alicyclic amines) is 1. The van der Waals surface area contributed by atoms with Crippen LogP contribution in [0.4, 0.5) is 8.78 Å². The Morgan fingerprint density at radius 2 is 1.76 bits per heavy atom. The average molecular weight is 296 g/mol. The van der Waals surface area contributed by atoms with Gasteiger partial charge in [0.25, 0.3) is 0 Å². The van der Waals surface area contributed by atoms with Crippen molar-refractivity contribution in [1.82, 2.24) is 4.90 Å². The van der Waals surface area contributed by atoms with Crippen LogP contribution in [0.2, 0.25) is 0 Å². The topological polar surface area (TPSA) is 29.3 Å². The Kier molecular flexibility index (Phi) is 5.33. The molecule has 1 saturated heterocycles. The van der Waals surface area contributed by atoms with Gasteiger partial charge in [0.15, 0.2) is 11.6 Å². The van der Waals surface area contributed by atoms with E-state index in [4.69, 9.17) is 5.73 Å². The smallest absolute Gasteiger partial charge is 0.159 e. The molecule has 1 aromatic carbocycles. The van der Waals surface area contributed by atoms with E-state index in [1.165, 1.54) is 25.0 Å². The maximum atomic E-state index is 13.4. The highest BCUT2D eigenvalue weighted by molar-refractivity contribution is 5.20. The van der Waals surface area contributed by atoms with E-state index in [0.29, 0.717) is 6.42 Å². The highest BCUT2D eigenvalue weighted by Gasteiger charge is 2.40. The van der Waals surface area contributed by atoms with Crippen LogP contribution in [0, 0.1) is 11.6 Å². The molecule has 21 heavy (non-hydrogen) atoms. The second kappa shape index (κ2) is 6.84. The van der Waals surface area contributed by atoms with Crippen molar-refractivity contribution in [3.63, 3.8) is 0 Å². The number of hydrogen-bond donors (Lipinski definition) is 1. The summed E-state index contributed by atoms with van der Waals surface area (Å²) in [6.45, 7) is 6.53. The molecular weight excluding hydrogens is 270 g/mol. The van der Waals surface area contributed by atoms with E-state index < -0.39 is 11.6 Å². The summed E-state index contributed by atoms with van der Waals surface area (Å²) in [5.41, 5.74) is 7.25. The first-order valence-corrected chi connectivity index (χ1v) is 7.98. The molecule has 1 unspecified atom stereocenters. The van der Waals surface area contributed by atoms with Gasteiger partial charge in [0.1, 0.15) is 0 Å². The Morgan fingerprint density at radius 3 is 2.29 bits per heavy atom. The van der Waals surface area contributed by atoms with E-state index in [2.05, 4.69) is 18.7 Å². The minimum absolute atomic E-state index is 0.0403. The van der Waals surface area contributed by atoms with Crippen LogP contribution < -0.4 is 5.73 Å². The van der Waals surface area contributed by atoms with E-state index in [0.717, 1.165) is 31.5 Å². The highest BCUT2D eigenvalue weighted by Crippen LogP contribution is 2.32. The molecule has 1 atom stereocenters. The van der Waals surface area contributed by atoms with Gasteiger partial charge in [-0.15, -0.1) is 0 Å². The lowest BCUT2D eigenvalue weighted by Crippen LogP contribution is -2.59. The van der Waals surface area contributed by atoms with Crippen molar-refractivity contribution in [2.75, 3.05) is 13.1 Å². The molecule has 1 aromatic rings. The summed E-state index contributed by atoms with van der Waals surface area (Å²) >= 11 is 0. The number of halogens is 2. The fourth-order valence-electron chi connectivity index (χ4n) is 3.73. The molecule has 0 aliphatic carbocycles. The predicted octanol–water partition coefficient (Wildman–Crippen LogP) is 3.49. The standard InChI is InChI=1S/C17H26F2N2/c1-3-17(4-2,21-9-5-6-10-21)16(20)12-13-7-8-14(18)15(19)11-13/h7-8,11,16H,3-6,9-10,12,20H2,1-2H3. The van der Waals surface area contributed by atoms with Crippen LogP contribution in [0.15, 0.2) is 18.2 Å². The molecular formula is C17H26F2N2. The molecule has 118 valence electrons. The van der Waals surface area contributed by atoms with Gasteiger partial charge in [0.2, 0.25) is 0 Å². The molecule has 2 rings (SSSR count). The molecule has 0 amide bonds. The molecule has 2 nitrogen and oxygen atoms in total. The second-order valence-electron chi connectivity index (χ2n) is 6.06. The van der Waals surface area contributed by atoms with Crippen LogP contribution in [-0.4, -0.2) is 29.6 Å². The van der Waals surface area contributed by atoms with Crippen LogP contribution in [-0.2, 0) is 6.42 Å². The zero-order valence-corrected chi connectivity index (χ0v) is 13.0. The van der Waals surface area contributed by atoms with Gasteiger partial charge in [-0.3, -0.25) is 4.90 Å². The van der Waals surface area contributed by atoms with Gasteiger partial charge in [-0.2, -0.15) is 0 Å². The van der Waals surface area contributed by atoms with Crippen molar-refractivity contribution in [1.29, 1.82) is 0 Å². The molecule has 1 aliphatic heterocycles. The summed E-state index contributed by atoms with van der Waals surface area (Å²) in [5.74, 6) is -1.59. The van der Waals surface area contributed by atoms with Crippen LogP contribution in [0.3, 0.4) is 0 Å². The van der Waals surface area contributed by atoms with Crippen molar-refractivity contribution in [2.24, 2.45) is 5.73 Å². The monoisotopic (exact) mass is 296 g/mol. The molecule has 0 bridgehead atoms. The average Bonchev–Trinajstić information content (AvgIpc) is 3.00. The SMILES string of the molecule is CCC(CC)(C(N)Cc1ccc(F)c(F)c1)N1CCCC1. The molecule has 1 heterocycles. The molecule has 2 N–H and O–H groups in total. The third-order valence-electron chi connectivity index (χ3n) is 5.09. The highest BCUT2D eigenvalue weighted by atomic mass is 19.2. The minimum atomic E-state index is -0.802. The molecule has 4 heteroatoms. The van der Waals surface area contributed by atoms with Crippen molar-refractivity contribution in [3.05, 3.63) is 35.4 Å². The fraction of sp³-hybridized carbons (Fsp3) is 0.647. The number of hydrogen-bond acceptors (Lipinski definition) is 2. The summed E-state index contributed by atoms with van der Waals surface area (Å²) in [7, 11) is 0. The first-order chi connectivity index (χ1) is 10.0. The Bertz CT molecular complexity index is 466. The molecule has 1 fully saturated rings. The van der Waals surface area contributed by atoms with Gasteiger partial charge >= 0.3 is 0 Å². The molecule has 0 aromatic heterocycles. The lowest BCUT2D eigenvalue weighted by atomic mass is 9.80. The first kappa shape index (κ1) is 16.4. The van der Waals surface area contributed by atoms with Crippen molar-refractivity contribution >= 4 is 0 Å². The minimum Gasteiger partial charge on any atom is -0.326 e. The van der Waals surface area contributed by atoms with E-state index in [1.54, 1.807) is 6.07 Å². The van der Waals surface area contributed by atoms with Gasteiger partial charge in [-0.05, 0) is 62.9 Å². The second-order valence-corrected chi connectivity index (χ2v) is 6.06. The fourth-order valence-corrected chi connectivity index (χ4v) is 3.73. The van der Waals surface area contributed by atoms with Gasteiger partial charge < -0.3 is 5.73 Å². The number of rotatable bonds is 6. The van der Waals surface area contributed by atoms with E-state index >= 15 is 0 Å². The van der Waals surface area contributed by atoms with Crippen molar-refractivity contribution in [3.8, 4) is 0 Å². The summed E-state index contributed by atoms with van der Waals surface area (Å²) in [5, 5.41) is 0. The molecule has 0 spiro atoms. The van der Waals surface area contributed by atoms with Gasteiger partial charge in [-0.25, -0.2) is 8.78 Å². The van der Waals surface area contributed by atoms with Crippen molar-refractivity contribution < 1.29 is 8.78 Å². The van der Waals surface area contributed by atoms with Crippen molar-refractivity contribution in [2.45, 2.75) is 57.5 Å². The van der Waals surface area contributed by atoms with Crippen LogP contribution in [0.5, 0.6) is 0 Å². The van der Waals surface area contributed by atoms with E-state index in [9.17, 15) is 8.78 Å². The Morgan fingerprint density at radius 1 is 1.14 bits per heavy atom. The quantitative estimate of drug-likeness (QED) is 0.870. The summed E-state index contributed by atoms with van der Waals surface area (Å²) in [4.78, 5) is 2.50. The van der Waals surface area contributed by atoms with E-state index in [-0.39, 0.29) is 11.6 Å². The predicted molar refractivity (Wildman–Crippen MR) is 82.2 cm³/mol. The third-order valence-corrected chi connectivity index (χ3v) is 5.09. The van der Waals surface area contributed by atoms with E-state index in [1.807, 2.05) is 0 Å². The lowest BCUT2D eigenvalue weighted by Gasteiger charge is -2.45. The zero-order chi connectivity index (χ0) is 15.5. The Hall–Kier alpha value is -1.00. The number of nitrogens with zero attached hydrogens (tertiary/aromatic N) is 1. The van der Waals surface area contributed by atoms with Crippen LogP contribution in [0.25, 0.3) is 0 Å². The van der Waals surface area contributed by atoms with Gasteiger partial charge in [0.05, 0.1) is 0 Å². The molecule has 1 aliphatic rings. The normalized spacial score (nSPS) is 18.1. The number of benzene rings is 1. The maximum Gasteiger partial charge on any atom is 0.159 e. The van der Waals surface area contributed by atoms with Gasteiger partial charge in [-0.1, -0.05) is 19.9 Å².